The monoisotopic (exact) mass is 182 g/mol. The van der Waals surface area contributed by atoms with Gasteiger partial charge in [0.1, 0.15) is 0 Å². The average molecular weight is 182 g/mol. The highest BCUT2D eigenvalue weighted by atomic mass is 32.1. The molecule has 0 amide bonds. The number of aryl methyl sites for hydroxylation is 1. The first-order valence-electron chi connectivity index (χ1n) is 4.51. The van der Waals surface area contributed by atoms with Crippen molar-refractivity contribution in [1.29, 1.82) is 0 Å². The molecule has 1 saturated carbocycles. The summed E-state index contributed by atoms with van der Waals surface area (Å²) >= 11 is 1.79. The van der Waals surface area contributed by atoms with E-state index < -0.39 is 0 Å². The van der Waals surface area contributed by atoms with Crippen molar-refractivity contribution >= 4 is 11.3 Å². The normalized spacial score (nSPS) is 29.5. The van der Waals surface area contributed by atoms with Gasteiger partial charge in [-0.25, -0.2) is 0 Å². The molecule has 66 valence electrons. The van der Waals surface area contributed by atoms with Crippen LogP contribution in [0, 0.1) is 6.92 Å². The molecule has 1 aliphatic rings. The van der Waals surface area contributed by atoms with Crippen molar-refractivity contribution in [2.24, 2.45) is 0 Å². The van der Waals surface area contributed by atoms with E-state index >= 15 is 0 Å². The molecule has 0 bridgehead atoms. The van der Waals surface area contributed by atoms with Crippen molar-refractivity contribution in [3.8, 4) is 0 Å². The molecular formula is C10H14OS. The molecule has 0 saturated heterocycles. The van der Waals surface area contributed by atoms with Gasteiger partial charge < -0.3 is 5.11 Å². The van der Waals surface area contributed by atoms with E-state index in [4.69, 9.17) is 0 Å². The molecule has 2 rings (SSSR count). The molecule has 1 fully saturated rings. The lowest BCUT2D eigenvalue weighted by molar-refractivity contribution is 0.165. The smallest absolute Gasteiger partial charge is 0.0616 e. The van der Waals surface area contributed by atoms with Crippen LogP contribution in [-0.2, 0) is 0 Å². The molecule has 1 N–H and O–H groups in total. The summed E-state index contributed by atoms with van der Waals surface area (Å²) in [6.07, 6.45) is 3.26. The van der Waals surface area contributed by atoms with Crippen LogP contribution in [0.25, 0.3) is 0 Å². The Balaban J connectivity index is 2.24. The van der Waals surface area contributed by atoms with Gasteiger partial charge in [0, 0.05) is 10.8 Å². The molecule has 0 aromatic carbocycles. The van der Waals surface area contributed by atoms with Crippen molar-refractivity contribution in [2.75, 3.05) is 0 Å². The summed E-state index contributed by atoms with van der Waals surface area (Å²) in [7, 11) is 0. The van der Waals surface area contributed by atoms with Crippen LogP contribution in [0.2, 0.25) is 0 Å². The van der Waals surface area contributed by atoms with Crippen molar-refractivity contribution < 1.29 is 5.11 Å². The number of thiophene rings is 1. The molecule has 1 aliphatic carbocycles. The SMILES string of the molecule is Cc1ccsc1[C@@H]1CCC[C@H]1O. The Morgan fingerprint density at radius 3 is 2.83 bits per heavy atom. The molecule has 1 aromatic rings. The van der Waals surface area contributed by atoms with Gasteiger partial charge in [0.05, 0.1) is 6.10 Å². The second kappa shape index (κ2) is 3.19. The lowest BCUT2D eigenvalue weighted by Gasteiger charge is -2.13. The Morgan fingerprint density at radius 1 is 1.50 bits per heavy atom. The van der Waals surface area contributed by atoms with Crippen LogP contribution < -0.4 is 0 Å². The maximum absolute atomic E-state index is 9.69. The van der Waals surface area contributed by atoms with Gasteiger partial charge in [-0.1, -0.05) is 6.42 Å². The summed E-state index contributed by atoms with van der Waals surface area (Å²) in [5.41, 5.74) is 1.35. The van der Waals surface area contributed by atoms with E-state index in [2.05, 4.69) is 18.4 Å². The van der Waals surface area contributed by atoms with Crippen molar-refractivity contribution in [3.05, 3.63) is 21.9 Å². The summed E-state index contributed by atoms with van der Waals surface area (Å²) < 4.78 is 0. The molecule has 1 heterocycles. The summed E-state index contributed by atoms with van der Waals surface area (Å²) in [5.74, 6) is 0.435. The molecule has 2 heteroatoms. The zero-order valence-corrected chi connectivity index (χ0v) is 8.10. The maximum Gasteiger partial charge on any atom is 0.0616 e. The third kappa shape index (κ3) is 1.29. The van der Waals surface area contributed by atoms with Gasteiger partial charge in [0.2, 0.25) is 0 Å². The van der Waals surface area contributed by atoms with Crippen LogP contribution in [0.15, 0.2) is 11.4 Å². The van der Waals surface area contributed by atoms with Crippen LogP contribution in [0.3, 0.4) is 0 Å². The largest absolute Gasteiger partial charge is 0.392 e. The van der Waals surface area contributed by atoms with E-state index in [1.54, 1.807) is 11.3 Å². The third-order valence-corrected chi connectivity index (χ3v) is 3.87. The fourth-order valence-electron chi connectivity index (χ4n) is 2.01. The van der Waals surface area contributed by atoms with Gasteiger partial charge in [-0.2, -0.15) is 0 Å². The number of hydrogen-bond donors (Lipinski definition) is 1. The van der Waals surface area contributed by atoms with Gasteiger partial charge in [0.15, 0.2) is 0 Å². The highest BCUT2D eigenvalue weighted by Gasteiger charge is 2.28. The fourth-order valence-corrected chi connectivity index (χ4v) is 3.13. The summed E-state index contributed by atoms with van der Waals surface area (Å²) in [6.45, 7) is 2.14. The van der Waals surface area contributed by atoms with Gasteiger partial charge in [-0.05, 0) is 36.8 Å². The summed E-state index contributed by atoms with van der Waals surface area (Å²) in [5, 5.41) is 11.8. The zero-order chi connectivity index (χ0) is 8.55. The molecule has 0 spiro atoms. The lowest BCUT2D eigenvalue weighted by atomic mass is 10.0. The Kier molecular flexibility index (Phi) is 2.20. The standard InChI is InChI=1S/C10H14OS/c1-7-5-6-12-10(7)8-3-2-4-9(8)11/h5-6,8-9,11H,2-4H2,1H3/t8-,9-/m1/s1. The Hall–Kier alpha value is -0.340. The van der Waals surface area contributed by atoms with E-state index in [1.165, 1.54) is 23.3 Å². The molecule has 0 unspecified atom stereocenters. The minimum absolute atomic E-state index is 0.0812. The molecule has 2 atom stereocenters. The van der Waals surface area contributed by atoms with E-state index in [1.807, 2.05) is 0 Å². The van der Waals surface area contributed by atoms with Crippen molar-refractivity contribution in [3.63, 3.8) is 0 Å². The number of aliphatic hydroxyl groups is 1. The molecule has 1 nitrogen and oxygen atoms in total. The number of aliphatic hydroxyl groups excluding tert-OH is 1. The molecule has 1 aromatic heterocycles. The minimum Gasteiger partial charge on any atom is -0.392 e. The first-order valence-corrected chi connectivity index (χ1v) is 5.39. The van der Waals surface area contributed by atoms with E-state index in [0.717, 1.165) is 6.42 Å². The van der Waals surface area contributed by atoms with Crippen LogP contribution >= 0.6 is 11.3 Å². The number of hydrogen-bond acceptors (Lipinski definition) is 2. The molecule has 12 heavy (non-hydrogen) atoms. The summed E-state index contributed by atoms with van der Waals surface area (Å²) in [6, 6.07) is 2.14. The average Bonchev–Trinajstić information content (AvgIpc) is 2.59. The molecule has 0 aliphatic heterocycles. The van der Waals surface area contributed by atoms with Crippen LogP contribution in [0.5, 0.6) is 0 Å². The van der Waals surface area contributed by atoms with Gasteiger partial charge in [0.25, 0.3) is 0 Å². The Labute approximate surface area is 77.0 Å². The van der Waals surface area contributed by atoms with Crippen molar-refractivity contribution in [2.45, 2.75) is 38.2 Å². The quantitative estimate of drug-likeness (QED) is 0.708. The van der Waals surface area contributed by atoms with Crippen LogP contribution in [0.4, 0.5) is 0 Å². The van der Waals surface area contributed by atoms with Gasteiger partial charge in [-0.15, -0.1) is 11.3 Å². The Morgan fingerprint density at radius 2 is 2.33 bits per heavy atom. The van der Waals surface area contributed by atoms with E-state index in [0.29, 0.717) is 5.92 Å². The molecular weight excluding hydrogens is 168 g/mol. The van der Waals surface area contributed by atoms with Crippen molar-refractivity contribution in [1.82, 2.24) is 0 Å². The van der Waals surface area contributed by atoms with Gasteiger partial charge >= 0.3 is 0 Å². The molecule has 0 radical (unpaired) electrons. The minimum atomic E-state index is -0.0812. The Bertz CT molecular complexity index is 267. The van der Waals surface area contributed by atoms with Crippen LogP contribution in [0.1, 0.15) is 35.6 Å². The lowest BCUT2D eigenvalue weighted by Crippen LogP contribution is -2.10. The zero-order valence-electron chi connectivity index (χ0n) is 7.29. The van der Waals surface area contributed by atoms with Gasteiger partial charge in [-0.3, -0.25) is 0 Å². The first-order chi connectivity index (χ1) is 5.79. The highest BCUT2D eigenvalue weighted by Crippen LogP contribution is 2.38. The first kappa shape index (κ1) is 8.27. The predicted octanol–water partition coefficient (Wildman–Crippen LogP) is 2.68. The maximum atomic E-state index is 9.69. The summed E-state index contributed by atoms with van der Waals surface area (Å²) in [4.78, 5) is 1.40. The topological polar surface area (TPSA) is 20.2 Å². The van der Waals surface area contributed by atoms with E-state index in [9.17, 15) is 5.11 Å². The fraction of sp³-hybridized carbons (Fsp3) is 0.600. The third-order valence-electron chi connectivity index (χ3n) is 2.72. The second-order valence-corrected chi connectivity index (χ2v) is 4.52. The predicted molar refractivity (Wildman–Crippen MR) is 51.7 cm³/mol. The van der Waals surface area contributed by atoms with Crippen LogP contribution in [-0.4, -0.2) is 11.2 Å². The van der Waals surface area contributed by atoms with E-state index in [-0.39, 0.29) is 6.10 Å². The second-order valence-electron chi connectivity index (χ2n) is 3.57. The highest BCUT2D eigenvalue weighted by molar-refractivity contribution is 7.10. The number of rotatable bonds is 1.